The van der Waals surface area contributed by atoms with Gasteiger partial charge in [0.15, 0.2) is 6.20 Å². The zero-order valence-electron chi connectivity index (χ0n) is 14.6. The minimum atomic E-state index is -0.434. The molecule has 0 atom stereocenters. The van der Waals surface area contributed by atoms with Crippen molar-refractivity contribution in [3.8, 4) is 11.6 Å². The Balaban J connectivity index is 1.62. The standard InChI is InChI=1S/C20H19N3O3/c1-14-6-7-15(2)18(11-14)26-19-9-8-16(12-21-19)13-22-20(24)17-5-3-4-10-23(17)25/h3-12H,13H2,1-2H3,(H,22,24). The molecule has 0 unspecified atom stereocenters. The van der Waals surface area contributed by atoms with E-state index in [4.69, 9.17) is 4.74 Å². The van der Waals surface area contributed by atoms with Crippen LogP contribution in [0.15, 0.2) is 60.9 Å². The van der Waals surface area contributed by atoms with Crippen LogP contribution < -0.4 is 14.8 Å². The average molecular weight is 349 g/mol. The van der Waals surface area contributed by atoms with Crippen molar-refractivity contribution in [1.82, 2.24) is 10.3 Å². The number of pyridine rings is 2. The van der Waals surface area contributed by atoms with Gasteiger partial charge in [-0.25, -0.2) is 4.98 Å². The summed E-state index contributed by atoms with van der Waals surface area (Å²) < 4.78 is 6.35. The summed E-state index contributed by atoms with van der Waals surface area (Å²) >= 11 is 0. The molecule has 0 aliphatic carbocycles. The molecular weight excluding hydrogens is 330 g/mol. The number of nitrogens with zero attached hydrogens (tertiary/aromatic N) is 2. The molecule has 6 heteroatoms. The van der Waals surface area contributed by atoms with Crippen LogP contribution in [0.4, 0.5) is 0 Å². The van der Waals surface area contributed by atoms with Crippen molar-refractivity contribution in [2.75, 3.05) is 0 Å². The van der Waals surface area contributed by atoms with Gasteiger partial charge in [0.05, 0.1) is 0 Å². The van der Waals surface area contributed by atoms with E-state index in [1.807, 2.05) is 38.1 Å². The van der Waals surface area contributed by atoms with Crippen LogP contribution in [0.3, 0.4) is 0 Å². The van der Waals surface area contributed by atoms with Crippen LogP contribution in [0.1, 0.15) is 27.2 Å². The van der Waals surface area contributed by atoms with Crippen molar-refractivity contribution in [2.24, 2.45) is 0 Å². The number of hydrogen-bond donors (Lipinski definition) is 1. The van der Waals surface area contributed by atoms with Gasteiger partial charge in [-0.2, -0.15) is 4.73 Å². The topological polar surface area (TPSA) is 78.2 Å². The number of aryl methyl sites for hydroxylation is 2. The number of carbonyl (C=O) groups excluding carboxylic acids is 1. The minimum absolute atomic E-state index is 0.0512. The molecule has 0 aliphatic heterocycles. The van der Waals surface area contributed by atoms with E-state index >= 15 is 0 Å². The monoisotopic (exact) mass is 349 g/mol. The van der Waals surface area contributed by atoms with Crippen molar-refractivity contribution in [3.63, 3.8) is 0 Å². The Morgan fingerprint density at radius 1 is 1.19 bits per heavy atom. The number of benzene rings is 1. The molecule has 3 aromatic rings. The van der Waals surface area contributed by atoms with Crippen molar-refractivity contribution >= 4 is 5.91 Å². The van der Waals surface area contributed by atoms with E-state index in [9.17, 15) is 10.0 Å². The fourth-order valence-corrected chi connectivity index (χ4v) is 2.38. The van der Waals surface area contributed by atoms with Crippen LogP contribution in [-0.2, 0) is 6.54 Å². The van der Waals surface area contributed by atoms with Gasteiger partial charge in [-0.15, -0.1) is 0 Å². The molecule has 1 N–H and O–H groups in total. The molecule has 26 heavy (non-hydrogen) atoms. The first-order valence-corrected chi connectivity index (χ1v) is 8.19. The van der Waals surface area contributed by atoms with Gasteiger partial charge in [0, 0.05) is 30.9 Å². The Hall–Kier alpha value is -3.41. The molecule has 132 valence electrons. The third-order valence-corrected chi connectivity index (χ3v) is 3.87. The van der Waals surface area contributed by atoms with Gasteiger partial charge in [0.1, 0.15) is 5.75 Å². The molecule has 0 fully saturated rings. The smallest absolute Gasteiger partial charge is 0.317 e. The molecule has 1 amide bonds. The van der Waals surface area contributed by atoms with Gasteiger partial charge >= 0.3 is 5.91 Å². The van der Waals surface area contributed by atoms with E-state index in [0.29, 0.717) is 10.6 Å². The molecule has 2 heterocycles. The zero-order chi connectivity index (χ0) is 18.5. The second-order valence-electron chi connectivity index (χ2n) is 5.97. The van der Waals surface area contributed by atoms with Crippen molar-refractivity contribution < 1.29 is 14.3 Å². The lowest BCUT2D eigenvalue weighted by molar-refractivity contribution is -0.607. The highest BCUT2D eigenvalue weighted by atomic mass is 16.5. The molecule has 0 saturated carbocycles. The van der Waals surface area contributed by atoms with Crippen molar-refractivity contribution in [1.29, 1.82) is 0 Å². The molecular formula is C20H19N3O3. The Kier molecular flexibility index (Phi) is 5.12. The number of amides is 1. The Bertz CT molecular complexity index is 924. The second-order valence-corrected chi connectivity index (χ2v) is 5.97. The molecule has 0 aliphatic rings. The van der Waals surface area contributed by atoms with E-state index < -0.39 is 5.91 Å². The molecule has 0 bridgehead atoms. The maximum atomic E-state index is 12.0. The molecule has 0 spiro atoms. The molecule has 2 aromatic heterocycles. The maximum absolute atomic E-state index is 12.0. The van der Waals surface area contributed by atoms with Gasteiger partial charge in [-0.1, -0.05) is 18.2 Å². The van der Waals surface area contributed by atoms with Crippen LogP contribution in [0, 0.1) is 19.1 Å². The number of nitrogens with one attached hydrogen (secondary N) is 1. The Morgan fingerprint density at radius 2 is 2.04 bits per heavy atom. The zero-order valence-corrected chi connectivity index (χ0v) is 14.6. The quantitative estimate of drug-likeness (QED) is 0.567. The number of ether oxygens (including phenoxy) is 1. The molecule has 0 saturated heterocycles. The van der Waals surface area contributed by atoms with Crippen molar-refractivity contribution in [3.05, 3.63) is 88.5 Å². The number of carbonyl (C=O) groups is 1. The summed E-state index contributed by atoms with van der Waals surface area (Å²) in [6.07, 6.45) is 2.92. The minimum Gasteiger partial charge on any atom is -0.618 e. The third kappa shape index (κ3) is 4.16. The molecule has 3 rings (SSSR count). The number of hydrogen-bond acceptors (Lipinski definition) is 4. The van der Waals surface area contributed by atoms with Crippen LogP contribution in [0.5, 0.6) is 11.6 Å². The Labute approximate surface area is 151 Å². The molecule has 0 radical (unpaired) electrons. The highest BCUT2D eigenvalue weighted by molar-refractivity contribution is 5.90. The number of aromatic nitrogens is 2. The van der Waals surface area contributed by atoms with Gasteiger partial charge in [-0.05, 0) is 42.7 Å². The predicted molar refractivity (Wildman–Crippen MR) is 96.8 cm³/mol. The summed E-state index contributed by atoms with van der Waals surface area (Å²) in [5.41, 5.74) is 3.00. The summed E-state index contributed by atoms with van der Waals surface area (Å²) in [7, 11) is 0. The van der Waals surface area contributed by atoms with E-state index in [-0.39, 0.29) is 12.2 Å². The summed E-state index contributed by atoms with van der Waals surface area (Å²) in [6, 6.07) is 14.3. The van der Waals surface area contributed by atoms with Crippen molar-refractivity contribution in [2.45, 2.75) is 20.4 Å². The van der Waals surface area contributed by atoms with Crippen LogP contribution in [0.25, 0.3) is 0 Å². The summed E-state index contributed by atoms with van der Waals surface area (Å²) in [5, 5.41) is 14.3. The predicted octanol–water partition coefficient (Wildman–Crippen LogP) is 3.05. The number of rotatable bonds is 5. The SMILES string of the molecule is Cc1ccc(C)c(Oc2ccc(CNC(=O)c3cccc[n+]3[O-])cn2)c1. The van der Waals surface area contributed by atoms with E-state index in [0.717, 1.165) is 22.4 Å². The lowest BCUT2D eigenvalue weighted by Gasteiger charge is -2.09. The van der Waals surface area contributed by atoms with E-state index in [1.165, 1.54) is 12.3 Å². The van der Waals surface area contributed by atoms with E-state index in [1.54, 1.807) is 24.4 Å². The normalized spacial score (nSPS) is 10.4. The third-order valence-electron chi connectivity index (χ3n) is 3.87. The molecule has 6 nitrogen and oxygen atoms in total. The van der Waals surface area contributed by atoms with E-state index in [2.05, 4.69) is 10.3 Å². The van der Waals surface area contributed by atoms with Gasteiger partial charge in [0.25, 0.3) is 5.69 Å². The fourth-order valence-electron chi connectivity index (χ4n) is 2.38. The second kappa shape index (κ2) is 7.65. The lowest BCUT2D eigenvalue weighted by Crippen LogP contribution is -2.38. The van der Waals surface area contributed by atoms with Crippen LogP contribution in [-0.4, -0.2) is 10.9 Å². The van der Waals surface area contributed by atoms with Gasteiger partial charge in [-0.3, -0.25) is 4.79 Å². The maximum Gasteiger partial charge on any atom is 0.317 e. The van der Waals surface area contributed by atoms with Gasteiger partial charge < -0.3 is 15.3 Å². The first kappa shape index (κ1) is 17.4. The average Bonchev–Trinajstić information content (AvgIpc) is 2.64. The lowest BCUT2D eigenvalue weighted by atomic mass is 10.1. The summed E-state index contributed by atoms with van der Waals surface area (Å²) in [5.74, 6) is 0.813. The molecule has 1 aromatic carbocycles. The highest BCUT2D eigenvalue weighted by Gasteiger charge is 2.14. The fraction of sp³-hybridized carbons (Fsp3) is 0.150. The first-order valence-electron chi connectivity index (χ1n) is 8.19. The highest BCUT2D eigenvalue weighted by Crippen LogP contribution is 2.24. The van der Waals surface area contributed by atoms with Crippen LogP contribution in [0.2, 0.25) is 0 Å². The Morgan fingerprint density at radius 3 is 2.77 bits per heavy atom. The first-order chi connectivity index (χ1) is 12.5. The van der Waals surface area contributed by atoms with Crippen LogP contribution >= 0.6 is 0 Å². The van der Waals surface area contributed by atoms with Gasteiger partial charge in [0.2, 0.25) is 5.88 Å². The summed E-state index contributed by atoms with van der Waals surface area (Å²) in [4.78, 5) is 16.3. The largest absolute Gasteiger partial charge is 0.618 e. The summed E-state index contributed by atoms with van der Waals surface area (Å²) in [6.45, 7) is 4.25.